The van der Waals surface area contributed by atoms with Crippen molar-refractivity contribution < 1.29 is 0 Å². The van der Waals surface area contributed by atoms with Crippen LogP contribution >= 0.6 is 0 Å². The van der Waals surface area contributed by atoms with E-state index >= 15 is 0 Å². The Bertz CT molecular complexity index is 295. The van der Waals surface area contributed by atoms with Gasteiger partial charge in [0.15, 0.2) is 0 Å². The van der Waals surface area contributed by atoms with Gasteiger partial charge in [0.05, 0.1) is 0 Å². The molecule has 26 heavy (non-hydrogen) atoms. The Kier molecular flexibility index (Phi) is 17.9. The topological polar surface area (TPSA) is 26.0 Å². The Hall–Kier alpha value is -0.300. The van der Waals surface area contributed by atoms with Gasteiger partial charge in [-0.2, -0.15) is 0 Å². The van der Waals surface area contributed by atoms with Crippen LogP contribution in [-0.2, 0) is 0 Å². The van der Waals surface area contributed by atoms with Crippen LogP contribution in [0.3, 0.4) is 0 Å². The molecule has 0 bridgehead atoms. The van der Waals surface area contributed by atoms with Crippen molar-refractivity contribution in [3.63, 3.8) is 0 Å². The fourth-order valence-corrected chi connectivity index (χ4v) is 3.79. The maximum absolute atomic E-state index is 6.10. The van der Waals surface area contributed by atoms with Gasteiger partial charge in [0.1, 0.15) is 0 Å². The molecule has 1 nitrogen and oxygen atoms in total. The van der Waals surface area contributed by atoms with Crippen molar-refractivity contribution in [1.29, 1.82) is 0 Å². The van der Waals surface area contributed by atoms with Gasteiger partial charge in [-0.3, -0.25) is 0 Å². The molecule has 0 aromatic heterocycles. The number of unbranched alkanes of at least 4 members (excludes halogenated alkanes) is 16. The van der Waals surface area contributed by atoms with Gasteiger partial charge in [-0.25, -0.2) is 0 Å². The predicted molar refractivity (Wildman–Crippen MR) is 121 cm³/mol. The molecule has 1 unspecified atom stereocenters. The van der Waals surface area contributed by atoms with E-state index in [4.69, 9.17) is 5.73 Å². The molecule has 0 heterocycles. The van der Waals surface area contributed by atoms with Gasteiger partial charge in [-0.15, -0.1) is 6.58 Å². The molecule has 0 amide bonds. The van der Waals surface area contributed by atoms with E-state index in [1.54, 1.807) is 0 Å². The lowest BCUT2D eigenvalue weighted by Crippen LogP contribution is -2.35. The van der Waals surface area contributed by atoms with E-state index < -0.39 is 0 Å². The summed E-state index contributed by atoms with van der Waals surface area (Å²) in [5, 5.41) is 0. The Morgan fingerprint density at radius 1 is 0.654 bits per heavy atom. The van der Waals surface area contributed by atoms with Crippen LogP contribution in [-0.4, -0.2) is 6.04 Å². The van der Waals surface area contributed by atoms with Crippen LogP contribution in [0.4, 0.5) is 0 Å². The first-order valence-electron chi connectivity index (χ1n) is 11.9. The van der Waals surface area contributed by atoms with E-state index in [0.29, 0.717) is 0 Å². The van der Waals surface area contributed by atoms with Gasteiger partial charge in [0.25, 0.3) is 0 Å². The first kappa shape index (κ1) is 25.7. The minimum atomic E-state index is 0.128. The molecule has 0 spiro atoms. The summed E-state index contributed by atoms with van der Waals surface area (Å²) < 4.78 is 0. The van der Waals surface area contributed by atoms with Gasteiger partial charge < -0.3 is 5.73 Å². The van der Waals surface area contributed by atoms with E-state index in [0.717, 1.165) is 0 Å². The predicted octanol–water partition coefficient (Wildman–Crippen LogP) is 8.57. The fourth-order valence-electron chi connectivity index (χ4n) is 3.79. The van der Waals surface area contributed by atoms with Gasteiger partial charge in [0, 0.05) is 6.04 Å². The van der Waals surface area contributed by atoms with Gasteiger partial charge >= 0.3 is 0 Å². The van der Waals surface area contributed by atoms with Crippen LogP contribution in [0.5, 0.6) is 0 Å². The Morgan fingerprint density at radius 2 is 0.962 bits per heavy atom. The Labute approximate surface area is 166 Å². The first-order chi connectivity index (χ1) is 12.5. The molecule has 0 aliphatic heterocycles. The summed E-state index contributed by atoms with van der Waals surface area (Å²) in [6.45, 7) is 10.7. The highest BCUT2D eigenvalue weighted by molar-refractivity contribution is 4.93. The largest absolute Gasteiger partial charge is 0.324 e. The van der Waals surface area contributed by atoms with Crippen molar-refractivity contribution in [2.75, 3.05) is 0 Å². The SMILES string of the molecule is C=CC(N)C(C)(C)CCCCCCCCCCCCCCCCCCC. The lowest BCUT2D eigenvalue weighted by Gasteiger charge is -2.29. The number of nitrogens with two attached hydrogens (primary N) is 1. The highest BCUT2D eigenvalue weighted by Gasteiger charge is 2.23. The highest BCUT2D eigenvalue weighted by Crippen LogP contribution is 2.27. The fraction of sp³-hybridized carbons (Fsp3) is 0.920. The monoisotopic (exact) mass is 365 g/mol. The third kappa shape index (κ3) is 15.9. The zero-order valence-corrected chi connectivity index (χ0v) is 18.7. The van der Waals surface area contributed by atoms with E-state index in [2.05, 4.69) is 27.4 Å². The van der Waals surface area contributed by atoms with Crippen LogP contribution in [0, 0.1) is 5.41 Å². The molecule has 0 rings (SSSR count). The van der Waals surface area contributed by atoms with Crippen LogP contribution in [0.25, 0.3) is 0 Å². The summed E-state index contributed by atoms with van der Waals surface area (Å²) in [6, 6.07) is 0.128. The van der Waals surface area contributed by atoms with Crippen molar-refractivity contribution in [2.45, 2.75) is 142 Å². The van der Waals surface area contributed by atoms with Crippen molar-refractivity contribution in [2.24, 2.45) is 11.1 Å². The zero-order valence-electron chi connectivity index (χ0n) is 18.7. The number of hydrogen-bond acceptors (Lipinski definition) is 1. The lowest BCUT2D eigenvalue weighted by molar-refractivity contribution is 0.285. The quantitative estimate of drug-likeness (QED) is 0.170. The molecule has 156 valence electrons. The van der Waals surface area contributed by atoms with E-state index in [-0.39, 0.29) is 11.5 Å². The van der Waals surface area contributed by atoms with Crippen molar-refractivity contribution in [1.82, 2.24) is 0 Å². The number of hydrogen-bond donors (Lipinski definition) is 1. The molecule has 2 N–H and O–H groups in total. The molecule has 0 aromatic rings. The standard InChI is InChI=1S/C25H51N/c1-5-7-8-9-10-11-12-13-14-15-16-17-18-19-20-21-22-23-25(3,4)24(26)6-2/h6,24H,2,5,7-23,26H2,1,3-4H3. The Balaban J connectivity index is 3.19. The zero-order chi connectivity index (χ0) is 19.5. The van der Waals surface area contributed by atoms with Crippen LogP contribution in [0.2, 0.25) is 0 Å². The normalized spacial score (nSPS) is 13.1. The molecule has 1 atom stereocenters. The van der Waals surface area contributed by atoms with Crippen molar-refractivity contribution >= 4 is 0 Å². The second-order valence-electron chi connectivity index (χ2n) is 9.16. The summed E-state index contributed by atoms with van der Waals surface area (Å²) in [6.07, 6.45) is 27.5. The maximum atomic E-state index is 6.10. The average Bonchev–Trinajstić information content (AvgIpc) is 2.63. The summed E-state index contributed by atoms with van der Waals surface area (Å²) in [7, 11) is 0. The molecule has 0 aliphatic rings. The minimum absolute atomic E-state index is 0.128. The molecular formula is C25H51N. The summed E-state index contributed by atoms with van der Waals surface area (Å²) in [5.41, 5.74) is 6.31. The first-order valence-corrected chi connectivity index (χ1v) is 11.9. The molecule has 0 saturated carbocycles. The smallest absolute Gasteiger partial charge is 0.0273 e. The highest BCUT2D eigenvalue weighted by atomic mass is 14.7. The average molecular weight is 366 g/mol. The second-order valence-corrected chi connectivity index (χ2v) is 9.16. The van der Waals surface area contributed by atoms with Crippen LogP contribution in [0.1, 0.15) is 136 Å². The molecule has 1 heteroatoms. The van der Waals surface area contributed by atoms with Gasteiger partial charge in [-0.1, -0.05) is 136 Å². The van der Waals surface area contributed by atoms with E-state index in [1.165, 1.54) is 116 Å². The summed E-state index contributed by atoms with van der Waals surface area (Å²) in [5.74, 6) is 0. The molecule has 0 fully saturated rings. The molecular weight excluding hydrogens is 314 g/mol. The molecule has 0 aliphatic carbocycles. The lowest BCUT2D eigenvalue weighted by atomic mass is 9.80. The Morgan fingerprint density at radius 3 is 1.27 bits per heavy atom. The number of rotatable bonds is 20. The van der Waals surface area contributed by atoms with Gasteiger partial charge in [-0.05, 0) is 11.8 Å². The molecule has 0 aromatic carbocycles. The summed E-state index contributed by atoms with van der Waals surface area (Å²) >= 11 is 0. The second kappa shape index (κ2) is 18.1. The molecule has 0 radical (unpaired) electrons. The van der Waals surface area contributed by atoms with Crippen LogP contribution < -0.4 is 5.73 Å². The molecule has 0 saturated heterocycles. The minimum Gasteiger partial charge on any atom is -0.324 e. The van der Waals surface area contributed by atoms with Crippen molar-refractivity contribution in [3.05, 3.63) is 12.7 Å². The third-order valence-corrected chi connectivity index (χ3v) is 6.08. The van der Waals surface area contributed by atoms with Gasteiger partial charge in [0.2, 0.25) is 0 Å². The van der Waals surface area contributed by atoms with E-state index in [9.17, 15) is 0 Å². The maximum Gasteiger partial charge on any atom is 0.0273 e. The summed E-state index contributed by atoms with van der Waals surface area (Å²) in [4.78, 5) is 0. The van der Waals surface area contributed by atoms with Crippen LogP contribution in [0.15, 0.2) is 12.7 Å². The van der Waals surface area contributed by atoms with E-state index in [1.807, 2.05) is 6.08 Å². The third-order valence-electron chi connectivity index (χ3n) is 6.08. The van der Waals surface area contributed by atoms with Crippen molar-refractivity contribution in [3.8, 4) is 0 Å².